The van der Waals surface area contributed by atoms with Gasteiger partial charge in [-0.2, -0.15) is 0 Å². The smallest absolute Gasteiger partial charge is 0.261 e. The van der Waals surface area contributed by atoms with Gasteiger partial charge in [0, 0.05) is 24.8 Å². The van der Waals surface area contributed by atoms with Gasteiger partial charge in [0.1, 0.15) is 5.56 Å². The number of piperidine rings is 1. The average molecular weight is 354 g/mol. The van der Waals surface area contributed by atoms with Gasteiger partial charge in [0.25, 0.3) is 11.5 Å². The van der Waals surface area contributed by atoms with Crippen molar-refractivity contribution in [1.82, 2.24) is 9.88 Å². The van der Waals surface area contributed by atoms with E-state index >= 15 is 0 Å². The summed E-state index contributed by atoms with van der Waals surface area (Å²) in [5.41, 5.74) is 8.07. The second-order valence-corrected chi connectivity index (χ2v) is 7.09. The highest BCUT2D eigenvalue weighted by atomic mass is 35.5. The fraction of sp³-hybridized carbons (Fsp3) is 0.667. The van der Waals surface area contributed by atoms with Crippen LogP contribution in [0.2, 0.25) is 0 Å². The summed E-state index contributed by atoms with van der Waals surface area (Å²) in [7, 11) is 0. The van der Waals surface area contributed by atoms with Gasteiger partial charge in [-0.3, -0.25) is 9.59 Å². The molecule has 2 atom stereocenters. The van der Waals surface area contributed by atoms with Crippen molar-refractivity contribution in [2.45, 2.75) is 57.9 Å². The van der Waals surface area contributed by atoms with Crippen LogP contribution in [0, 0.1) is 5.92 Å². The first kappa shape index (κ1) is 19.0. The Morgan fingerprint density at radius 3 is 2.83 bits per heavy atom. The van der Waals surface area contributed by atoms with Crippen LogP contribution in [-0.4, -0.2) is 34.9 Å². The Bertz CT molecular complexity index is 644. The normalized spacial score (nSPS) is 23.8. The number of carbonyl (C=O) groups is 1. The quantitative estimate of drug-likeness (QED) is 0.800. The molecule has 2 unspecified atom stereocenters. The van der Waals surface area contributed by atoms with Gasteiger partial charge in [0.2, 0.25) is 0 Å². The largest absolute Gasteiger partial charge is 0.334 e. The van der Waals surface area contributed by atoms with Gasteiger partial charge in [-0.05, 0) is 56.1 Å². The summed E-state index contributed by atoms with van der Waals surface area (Å²) < 4.78 is 0. The molecule has 3 rings (SSSR count). The average Bonchev–Trinajstić information content (AvgIpc) is 2.78. The number of rotatable bonds is 2. The summed E-state index contributed by atoms with van der Waals surface area (Å²) in [5, 5.41) is 0. The number of fused-ring (bicyclic) bond motifs is 1. The number of pyridine rings is 1. The van der Waals surface area contributed by atoms with Crippen molar-refractivity contribution in [2.75, 3.05) is 13.1 Å². The zero-order chi connectivity index (χ0) is 16.4. The molecule has 0 bridgehead atoms. The van der Waals surface area contributed by atoms with Crippen LogP contribution in [0.25, 0.3) is 0 Å². The number of nitrogens with zero attached hydrogens (tertiary/aromatic N) is 1. The Labute approximate surface area is 149 Å². The minimum atomic E-state index is -0.245. The second kappa shape index (κ2) is 8.17. The van der Waals surface area contributed by atoms with E-state index in [1.165, 1.54) is 6.42 Å². The van der Waals surface area contributed by atoms with Gasteiger partial charge >= 0.3 is 0 Å². The minimum absolute atomic E-state index is 0. The van der Waals surface area contributed by atoms with E-state index in [1.807, 2.05) is 11.0 Å². The zero-order valence-electron chi connectivity index (χ0n) is 14.3. The van der Waals surface area contributed by atoms with Crippen molar-refractivity contribution >= 4 is 18.3 Å². The lowest BCUT2D eigenvalue weighted by atomic mass is 9.91. The highest BCUT2D eigenvalue weighted by Gasteiger charge is 2.31. The van der Waals surface area contributed by atoms with Gasteiger partial charge in [0.15, 0.2) is 0 Å². The summed E-state index contributed by atoms with van der Waals surface area (Å²) in [6.07, 6.45) is 7.17. The van der Waals surface area contributed by atoms with Gasteiger partial charge in [0.05, 0.1) is 0 Å². The Hall–Kier alpha value is -1.33. The topological polar surface area (TPSA) is 79.2 Å². The van der Waals surface area contributed by atoms with Crippen molar-refractivity contribution < 1.29 is 4.79 Å². The molecule has 24 heavy (non-hydrogen) atoms. The van der Waals surface area contributed by atoms with E-state index in [-0.39, 0.29) is 29.9 Å². The molecule has 1 aromatic heterocycles. The summed E-state index contributed by atoms with van der Waals surface area (Å²) >= 11 is 0. The molecule has 1 amide bonds. The Kier molecular flexibility index (Phi) is 6.47. The lowest BCUT2D eigenvalue weighted by Gasteiger charge is -2.38. The molecule has 0 aromatic carbocycles. The molecule has 1 saturated heterocycles. The number of hydrogen-bond donors (Lipinski definition) is 2. The third-order valence-electron chi connectivity index (χ3n) is 5.33. The van der Waals surface area contributed by atoms with Crippen LogP contribution < -0.4 is 11.3 Å². The first-order valence-electron chi connectivity index (χ1n) is 8.86. The number of hydrogen-bond acceptors (Lipinski definition) is 3. The third kappa shape index (κ3) is 3.83. The molecule has 134 valence electrons. The number of nitrogens with two attached hydrogens (primary N) is 1. The van der Waals surface area contributed by atoms with Crippen LogP contribution in [0.15, 0.2) is 10.9 Å². The molecule has 2 aliphatic rings. The molecule has 0 saturated carbocycles. The number of halogens is 1. The monoisotopic (exact) mass is 353 g/mol. The van der Waals surface area contributed by atoms with Gasteiger partial charge in [-0.15, -0.1) is 12.4 Å². The number of carbonyl (C=O) groups excluding carboxylic acids is 1. The first-order valence-corrected chi connectivity index (χ1v) is 8.86. The number of aryl methyl sites for hydroxylation is 2. The molecule has 3 N–H and O–H groups in total. The molecule has 1 fully saturated rings. The lowest BCUT2D eigenvalue weighted by Crippen LogP contribution is -2.50. The molecule has 0 spiro atoms. The molecule has 1 aromatic rings. The standard InChI is InChI=1S/C18H27N3O2.ClH/c1-12-7-8-21(14(9-12)11-19)18(23)15-10-13-5-3-2-4-6-16(13)20-17(15)22;/h10,12,14H,2-9,11,19H2,1H3,(H,20,22);1H. The van der Waals surface area contributed by atoms with E-state index in [1.54, 1.807) is 0 Å². The molecule has 6 heteroatoms. The highest BCUT2D eigenvalue weighted by Crippen LogP contribution is 2.24. The number of aromatic nitrogens is 1. The van der Waals surface area contributed by atoms with Crippen LogP contribution in [0.5, 0.6) is 0 Å². The molecule has 5 nitrogen and oxygen atoms in total. The maximum Gasteiger partial charge on any atom is 0.261 e. The van der Waals surface area contributed by atoms with Crippen molar-refractivity contribution in [1.29, 1.82) is 0 Å². The van der Waals surface area contributed by atoms with Crippen LogP contribution in [0.1, 0.15) is 60.6 Å². The third-order valence-corrected chi connectivity index (χ3v) is 5.33. The first-order chi connectivity index (χ1) is 11.1. The fourth-order valence-electron chi connectivity index (χ4n) is 3.91. The number of amides is 1. The Morgan fingerprint density at radius 1 is 1.33 bits per heavy atom. The van der Waals surface area contributed by atoms with Crippen molar-refractivity contribution in [3.63, 3.8) is 0 Å². The zero-order valence-corrected chi connectivity index (χ0v) is 15.2. The Balaban J connectivity index is 0.00000208. The predicted octanol–water partition coefficient (Wildman–Crippen LogP) is 2.27. The summed E-state index contributed by atoms with van der Waals surface area (Å²) in [5.74, 6) is 0.429. The van der Waals surface area contributed by atoms with Crippen LogP contribution in [0.3, 0.4) is 0 Å². The number of likely N-dealkylation sites (tertiary alicyclic amines) is 1. The van der Waals surface area contributed by atoms with Crippen molar-refractivity contribution in [3.8, 4) is 0 Å². The molecule has 0 radical (unpaired) electrons. The van der Waals surface area contributed by atoms with Crippen LogP contribution in [0.4, 0.5) is 0 Å². The Morgan fingerprint density at radius 2 is 2.08 bits per heavy atom. The molecular weight excluding hydrogens is 326 g/mol. The molecule has 1 aliphatic heterocycles. The summed E-state index contributed by atoms with van der Waals surface area (Å²) in [6.45, 7) is 3.34. The van der Waals surface area contributed by atoms with Crippen molar-refractivity contribution in [3.05, 3.63) is 33.2 Å². The maximum absolute atomic E-state index is 12.9. The fourth-order valence-corrected chi connectivity index (χ4v) is 3.91. The minimum Gasteiger partial charge on any atom is -0.334 e. The highest BCUT2D eigenvalue weighted by molar-refractivity contribution is 5.94. The SMILES string of the molecule is CC1CCN(C(=O)c2cc3c([nH]c2=O)CCCCC3)C(CN)C1.Cl. The summed E-state index contributed by atoms with van der Waals surface area (Å²) in [4.78, 5) is 30.1. The van der Waals surface area contributed by atoms with Gasteiger partial charge in [-0.25, -0.2) is 0 Å². The van der Waals surface area contributed by atoms with E-state index in [0.717, 1.165) is 49.8 Å². The lowest BCUT2D eigenvalue weighted by molar-refractivity contribution is 0.0571. The molecule has 2 heterocycles. The summed E-state index contributed by atoms with van der Waals surface area (Å²) in [6, 6.07) is 1.89. The van der Waals surface area contributed by atoms with E-state index < -0.39 is 0 Å². The van der Waals surface area contributed by atoms with E-state index in [9.17, 15) is 9.59 Å². The molecular formula is C18H28ClN3O2. The predicted molar refractivity (Wildman–Crippen MR) is 97.8 cm³/mol. The number of aromatic amines is 1. The molecule has 1 aliphatic carbocycles. The van der Waals surface area contributed by atoms with E-state index in [4.69, 9.17) is 5.73 Å². The van der Waals surface area contributed by atoms with E-state index in [2.05, 4.69) is 11.9 Å². The van der Waals surface area contributed by atoms with Gasteiger partial charge < -0.3 is 15.6 Å². The second-order valence-electron chi connectivity index (χ2n) is 7.09. The van der Waals surface area contributed by atoms with Crippen LogP contribution >= 0.6 is 12.4 Å². The van der Waals surface area contributed by atoms with E-state index in [0.29, 0.717) is 24.6 Å². The van der Waals surface area contributed by atoms with Gasteiger partial charge in [-0.1, -0.05) is 13.3 Å². The van der Waals surface area contributed by atoms with Crippen LogP contribution in [-0.2, 0) is 12.8 Å². The maximum atomic E-state index is 12.9. The van der Waals surface area contributed by atoms with Crippen molar-refractivity contribution in [2.24, 2.45) is 11.7 Å². The number of H-pyrrole nitrogens is 1. The number of nitrogens with one attached hydrogen (secondary N) is 1.